The molecule has 3 aromatic rings. The average molecular weight is 564 g/mol. The Balaban J connectivity index is 1.99. The van der Waals surface area contributed by atoms with E-state index in [1.165, 1.54) is 36.7 Å². The van der Waals surface area contributed by atoms with E-state index in [4.69, 9.17) is 21.2 Å². The average Bonchev–Trinajstić information content (AvgIpc) is 3.32. The van der Waals surface area contributed by atoms with E-state index in [-0.39, 0.29) is 39.9 Å². The molecule has 0 unspecified atom stereocenters. The molecule has 0 aliphatic carbocycles. The normalized spacial score (nSPS) is 11.2. The molecule has 0 radical (unpaired) electrons. The molecule has 0 saturated heterocycles. The molecule has 0 bridgehead atoms. The maximum Gasteiger partial charge on any atom is 0.422 e. The third kappa shape index (κ3) is 7.68. The van der Waals surface area contributed by atoms with E-state index in [1.807, 2.05) is 6.07 Å². The summed E-state index contributed by atoms with van der Waals surface area (Å²) in [5.74, 6) is -2.06. The van der Waals surface area contributed by atoms with Crippen LogP contribution in [0, 0.1) is 18.3 Å². The largest absolute Gasteiger partial charge is 0.467 e. The summed E-state index contributed by atoms with van der Waals surface area (Å²) in [5.41, 5.74) is 0.251. The van der Waals surface area contributed by atoms with Crippen molar-refractivity contribution in [2.75, 3.05) is 25.1 Å². The lowest BCUT2D eigenvalue weighted by molar-refractivity contribution is -0.154. The lowest BCUT2D eigenvalue weighted by atomic mass is 10.0. The number of aromatic nitrogens is 3. The van der Waals surface area contributed by atoms with Gasteiger partial charge in [-0.05, 0) is 43.7 Å². The van der Waals surface area contributed by atoms with E-state index >= 15 is 0 Å². The van der Waals surface area contributed by atoms with E-state index in [0.29, 0.717) is 12.2 Å². The van der Waals surface area contributed by atoms with Gasteiger partial charge in [0.2, 0.25) is 5.88 Å². The highest BCUT2D eigenvalue weighted by Crippen LogP contribution is 2.27. The predicted molar refractivity (Wildman–Crippen MR) is 134 cm³/mol. The number of ether oxygens (including phenoxy) is 1. The first kappa shape index (κ1) is 28.9. The SMILES string of the molecule is CCO/N=C/CNC(=O)c1cc(C#N)cc(C)c1NC(=O)c1cc(OCC(F)(F)F)nn1-c1ncccc1Cl. The first-order valence-corrected chi connectivity index (χ1v) is 11.6. The number of nitrogens with zero attached hydrogens (tertiary/aromatic N) is 5. The summed E-state index contributed by atoms with van der Waals surface area (Å²) in [5, 5.41) is 22.1. The topological polar surface area (TPSA) is 144 Å². The summed E-state index contributed by atoms with van der Waals surface area (Å²) in [4.78, 5) is 35.2. The Kier molecular flexibility index (Phi) is 9.45. The number of aryl methyl sites for hydroxylation is 1. The summed E-state index contributed by atoms with van der Waals surface area (Å²) < 4.78 is 43.8. The van der Waals surface area contributed by atoms with Gasteiger partial charge in [0, 0.05) is 12.3 Å². The van der Waals surface area contributed by atoms with Crippen LogP contribution in [0.2, 0.25) is 5.02 Å². The fourth-order valence-corrected chi connectivity index (χ4v) is 3.42. The van der Waals surface area contributed by atoms with Crippen molar-refractivity contribution in [1.82, 2.24) is 20.1 Å². The smallest absolute Gasteiger partial charge is 0.422 e. The number of hydrogen-bond acceptors (Lipinski definition) is 8. The van der Waals surface area contributed by atoms with Crippen molar-refractivity contribution >= 4 is 35.3 Å². The van der Waals surface area contributed by atoms with Gasteiger partial charge in [0.05, 0.1) is 40.7 Å². The lowest BCUT2D eigenvalue weighted by Crippen LogP contribution is -2.28. The minimum atomic E-state index is -4.65. The number of benzene rings is 1. The number of carbonyl (C=O) groups is 2. The number of hydrogen-bond donors (Lipinski definition) is 2. The van der Waals surface area contributed by atoms with Crippen molar-refractivity contribution in [2.45, 2.75) is 20.0 Å². The van der Waals surface area contributed by atoms with Crippen LogP contribution in [0.5, 0.6) is 5.88 Å². The van der Waals surface area contributed by atoms with Crippen molar-refractivity contribution in [3.8, 4) is 17.8 Å². The Morgan fingerprint density at radius 1 is 1.28 bits per heavy atom. The molecule has 11 nitrogen and oxygen atoms in total. The highest BCUT2D eigenvalue weighted by molar-refractivity contribution is 6.32. The Morgan fingerprint density at radius 2 is 2.05 bits per heavy atom. The first-order valence-electron chi connectivity index (χ1n) is 11.2. The molecule has 2 heterocycles. The minimum Gasteiger partial charge on any atom is -0.467 e. The van der Waals surface area contributed by atoms with E-state index in [1.54, 1.807) is 13.8 Å². The van der Waals surface area contributed by atoms with Crippen LogP contribution in [-0.2, 0) is 4.84 Å². The summed E-state index contributed by atoms with van der Waals surface area (Å²) in [6.07, 6.45) is -1.98. The zero-order valence-corrected chi connectivity index (χ0v) is 21.3. The van der Waals surface area contributed by atoms with E-state index in [0.717, 1.165) is 10.7 Å². The van der Waals surface area contributed by atoms with Gasteiger partial charge in [-0.25, -0.2) is 9.67 Å². The lowest BCUT2D eigenvalue weighted by Gasteiger charge is -2.15. The fourth-order valence-electron chi connectivity index (χ4n) is 3.21. The van der Waals surface area contributed by atoms with Gasteiger partial charge < -0.3 is 20.2 Å². The predicted octanol–water partition coefficient (Wildman–Crippen LogP) is 4.05. The monoisotopic (exact) mass is 563 g/mol. The third-order valence-electron chi connectivity index (χ3n) is 4.82. The second-order valence-corrected chi connectivity index (χ2v) is 8.10. The first-order chi connectivity index (χ1) is 18.5. The molecule has 0 aliphatic heterocycles. The maximum absolute atomic E-state index is 13.4. The van der Waals surface area contributed by atoms with Gasteiger partial charge >= 0.3 is 6.18 Å². The van der Waals surface area contributed by atoms with Gasteiger partial charge in [-0.1, -0.05) is 16.8 Å². The zero-order chi connectivity index (χ0) is 28.6. The molecule has 0 fully saturated rings. The number of anilines is 1. The second-order valence-electron chi connectivity index (χ2n) is 7.69. The summed E-state index contributed by atoms with van der Waals surface area (Å²) >= 11 is 6.18. The van der Waals surface area contributed by atoms with Crippen LogP contribution in [0.3, 0.4) is 0 Å². The molecule has 2 aromatic heterocycles. The Morgan fingerprint density at radius 3 is 2.72 bits per heavy atom. The number of alkyl halides is 3. The number of carbonyl (C=O) groups excluding carboxylic acids is 2. The Labute approximate surface area is 225 Å². The van der Waals surface area contributed by atoms with Crippen LogP contribution in [0.1, 0.15) is 38.9 Å². The molecule has 15 heteroatoms. The number of pyridine rings is 1. The van der Waals surface area contributed by atoms with Crippen molar-refractivity contribution < 1.29 is 32.3 Å². The van der Waals surface area contributed by atoms with Gasteiger partial charge in [-0.15, -0.1) is 5.10 Å². The van der Waals surface area contributed by atoms with Gasteiger partial charge in [0.25, 0.3) is 11.8 Å². The molecule has 0 atom stereocenters. The molecule has 0 aliphatic rings. The van der Waals surface area contributed by atoms with Crippen LogP contribution in [0.4, 0.5) is 18.9 Å². The van der Waals surface area contributed by atoms with E-state index < -0.39 is 30.5 Å². The molecule has 0 saturated carbocycles. The van der Waals surface area contributed by atoms with E-state index in [2.05, 4.69) is 25.9 Å². The number of nitriles is 1. The maximum atomic E-state index is 13.4. The molecule has 3 rings (SSSR count). The zero-order valence-electron chi connectivity index (χ0n) is 20.5. The van der Waals surface area contributed by atoms with Gasteiger partial charge in [0.1, 0.15) is 12.3 Å². The molecule has 2 N–H and O–H groups in total. The summed E-state index contributed by atoms with van der Waals surface area (Å²) in [7, 11) is 0. The summed E-state index contributed by atoms with van der Waals surface area (Å²) in [6, 6.07) is 8.62. The minimum absolute atomic E-state index is 0.00704. The van der Waals surface area contributed by atoms with Crippen molar-refractivity contribution in [3.63, 3.8) is 0 Å². The van der Waals surface area contributed by atoms with E-state index in [9.17, 15) is 28.0 Å². The molecular formula is C24H21ClF3N7O4. The van der Waals surface area contributed by atoms with Crippen molar-refractivity contribution in [2.24, 2.45) is 5.16 Å². The fraction of sp³-hybridized carbons (Fsp3) is 0.250. The number of nitrogens with one attached hydrogen (secondary N) is 2. The third-order valence-corrected chi connectivity index (χ3v) is 5.12. The van der Waals surface area contributed by atoms with Gasteiger partial charge in [-0.2, -0.15) is 18.4 Å². The molecule has 204 valence electrons. The number of halogens is 4. The number of amides is 2. The number of oxime groups is 1. The van der Waals surface area contributed by atoms with Gasteiger partial charge in [0.15, 0.2) is 12.4 Å². The number of rotatable bonds is 10. The van der Waals surface area contributed by atoms with Crippen LogP contribution >= 0.6 is 11.6 Å². The summed E-state index contributed by atoms with van der Waals surface area (Å²) in [6.45, 7) is 1.99. The Bertz CT molecular complexity index is 1430. The van der Waals surface area contributed by atoms with Crippen molar-refractivity contribution in [1.29, 1.82) is 5.26 Å². The highest BCUT2D eigenvalue weighted by atomic mass is 35.5. The van der Waals surface area contributed by atoms with Crippen LogP contribution in [-0.4, -0.2) is 58.7 Å². The Hall–Kier alpha value is -4.64. The molecule has 2 amide bonds. The van der Waals surface area contributed by atoms with Crippen molar-refractivity contribution in [3.05, 3.63) is 63.9 Å². The van der Waals surface area contributed by atoms with Gasteiger partial charge in [-0.3, -0.25) is 9.59 Å². The molecule has 39 heavy (non-hydrogen) atoms. The van der Waals surface area contributed by atoms with Crippen LogP contribution < -0.4 is 15.4 Å². The highest BCUT2D eigenvalue weighted by Gasteiger charge is 2.30. The standard InChI is InChI=1S/C24H21ClF3N7O4/c1-3-39-32-8-7-31-22(36)16-10-15(12-29)9-14(2)20(16)33-23(37)18-11-19(38-13-24(26,27)28)34-35(18)21-17(25)5-4-6-30-21/h4-6,8-11H,3,7,13H2,1-2H3,(H,31,36)(H,33,37)/b32-8+. The van der Waals surface area contributed by atoms with Crippen LogP contribution in [0.15, 0.2) is 41.7 Å². The molecular weight excluding hydrogens is 543 g/mol. The molecule has 0 spiro atoms. The second kappa shape index (κ2) is 12.7. The molecule has 1 aromatic carbocycles. The van der Waals surface area contributed by atoms with Crippen LogP contribution in [0.25, 0.3) is 5.82 Å². The quantitative estimate of drug-likeness (QED) is 0.280.